The zero-order valence-corrected chi connectivity index (χ0v) is 11.3. The van der Waals surface area contributed by atoms with Gasteiger partial charge in [0, 0.05) is 18.3 Å². The number of anilines is 2. The van der Waals surface area contributed by atoms with Crippen LogP contribution in [0.2, 0.25) is 0 Å². The summed E-state index contributed by atoms with van der Waals surface area (Å²) in [5.41, 5.74) is 6.77. The number of nitrogens with two attached hydrogens (primary N) is 1. The van der Waals surface area contributed by atoms with Crippen LogP contribution < -0.4 is 15.8 Å². The number of nitrogens with one attached hydrogen (secondary N) is 1. The number of rotatable bonds is 5. The number of hydrogen-bond acceptors (Lipinski definition) is 7. The zero-order valence-electron chi connectivity index (χ0n) is 9.69. The molecule has 2 heterocycles. The van der Waals surface area contributed by atoms with E-state index in [1.807, 2.05) is 6.92 Å². The summed E-state index contributed by atoms with van der Waals surface area (Å²) < 4.78 is 9.21. The first-order valence-electron chi connectivity index (χ1n) is 5.14. The number of nitrogens with zero attached hydrogens (tertiary/aromatic N) is 2. The fraction of sp³-hybridized carbons (Fsp3) is 0.400. The maximum Gasteiger partial charge on any atom is 0.197 e. The van der Waals surface area contributed by atoms with Crippen LogP contribution in [-0.4, -0.2) is 23.0 Å². The minimum absolute atomic E-state index is 0.435. The fourth-order valence-corrected chi connectivity index (χ4v) is 2.79. The first kappa shape index (κ1) is 12.1. The van der Waals surface area contributed by atoms with Gasteiger partial charge in [0.05, 0.1) is 17.8 Å². The maximum atomic E-state index is 5.66. The van der Waals surface area contributed by atoms with E-state index in [2.05, 4.69) is 20.1 Å². The number of hydrogen-bond donors (Lipinski definition) is 2. The van der Waals surface area contributed by atoms with Gasteiger partial charge >= 0.3 is 0 Å². The van der Waals surface area contributed by atoms with Gasteiger partial charge in [-0.3, -0.25) is 0 Å². The van der Waals surface area contributed by atoms with Crippen LogP contribution in [0.4, 0.5) is 10.8 Å². The third kappa shape index (κ3) is 2.86. The van der Waals surface area contributed by atoms with Gasteiger partial charge in [0.15, 0.2) is 16.6 Å². The second kappa shape index (κ2) is 5.33. The molecule has 0 amide bonds. The molecule has 92 valence electrons. The molecular formula is C10H14N4OS2. The Kier molecular flexibility index (Phi) is 3.80. The molecule has 0 unspecified atom stereocenters. The Morgan fingerprint density at radius 3 is 3.00 bits per heavy atom. The predicted molar refractivity (Wildman–Crippen MR) is 72.1 cm³/mol. The lowest BCUT2D eigenvalue weighted by Crippen LogP contribution is -2.05. The number of aryl methyl sites for hydroxylation is 1. The lowest BCUT2D eigenvalue weighted by molar-refractivity contribution is 0.419. The van der Waals surface area contributed by atoms with E-state index in [1.54, 1.807) is 18.4 Å². The Morgan fingerprint density at radius 1 is 1.53 bits per heavy atom. The van der Waals surface area contributed by atoms with Gasteiger partial charge in [0.2, 0.25) is 0 Å². The summed E-state index contributed by atoms with van der Waals surface area (Å²) in [5, 5.41) is 7.31. The second-order valence-corrected chi connectivity index (χ2v) is 5.30. The second-order valence-electron chi connectivity index (χ2n) is 3.46. The molecular weight excluding hydrogens is 256 g/mol. The Labute approximate surface area is 108 Å². The van der Waals surface area contributed by atoms with Crippen molar-refractivity contribution in [1.29, 1.82) is 0 Å². The fourth-order valence-electron chi connectivity index (χ4n) is 1.43. The van der Waals surface area contributed by atoms with E-state index in [4.69, 9.17) is 10.5 Å². The molecule has 0 spiro atoms. The number of thiazole rings is 1. The summed E-state index contributed by atoms with van der Waals surface area (Å²) in [4.78, 5) is 4.40. The molecule has 3 N–H and O–H groups in total. The van der Waals surface area contributed by atoms with E-state index in [0.29, 0.717) is 11.6 Å². The van der Waals surface area contributed by atoms with Crippen LogP contribution in [0, 0.1) is 6.92 Å². The average Bonchev–Trinajstić information content (AvgIpc) is 2.86. The minimum Gasteiger partial charge on any atom is -0.490 e. The largest absolute Gasteiger partial charge is 0.490 e. The van der Waals surface area contributed by atoms with Crippen molar-refractivity contribution in [3.05, 3.63) is 16.1 Å². The molecule has 2 rings (SSSR count). The number of methoxy groups -OCH3 is 1. The van der Waals surface area contributed by atoms with Crippen molar-refractivity contribution in [2.45, 2.75) is 13.3 Å². The van der Waals surface area contributed by atoms with Crippen LogP contribution in [0.3, 0.4) is 0 Å². The number of ether oxygens (including phenoxy) is 1. The van der Waals surface area contributed by atoms with E-state index in [-0.39, 0.29) is 0 Å². The van der Waals surface area contributed by atoms with Crippen molar-refractivity contribution in [3.63, 3.8) is 0 Å². The summed E-state index contributed by atoms with van der Waals surface area (Å²) >= 11 is 2.98. The lowest BCUT2D eigenvalue weighted by atomic mass is 10.3. The van der Waals surface area contributed by atoms with Gasteiger partial charge in [-0.1, -0.05) is 0 Å². The molecule has 0 saturated carbocycles. The van der Waals surface area contributed by atoms with Crippen LogP contribution in [0.1, 0.15) is 10.7 Å². The quantitative estimate of drug-likeness (QED) is 0.871. The highest BCUT2D eigenvalue weighted by Crippen LogP contribution is 2.34. The highest BCUT2D eigenvalue weighted by molar-refractivity contribution is 7.11. The molecule has 0 aromatic carbocycles. The number of nitrogen functional groups attached to an aromatic ring is 1. The third-order valence-corrected chi connectivity index (χ3v) is 3.83. The molecule has 0 fully saturated rings. The molecule has 5 nitrogen and oxygen atoms in total. The first-order valence-corrected chi connectivity index (χ1v) is 6.80. The molecule has 0 saturated heterocycles. The molecule has 0 aliphatic carbocycles. The summed E-state index contributed by atoms with van der Waals surface area (Å²) in [7, 11) is 1.59. The highest BCUT2D eigenvalue weighted by atomic mass is 32.1. The first-order chi connectivity index (χ1) is 8.20. The van der Waals surface area contributed by atoms with Gasteiger partial charge in [0.1, 0.15) is 0 Å². The molecule has 0 bridgehead atoms. The van der Waals surface area contributed by atoms with Crippen LogP contribution >= 0.6 is 22.9 Å². The molecule has 17 heavy (non-hydrogen) atoms. The van der Waals surface area contributed by atoms with Crippen LogP contribution in [-0.2, 0) is 6.42 Å². The average molecular weight is 270 g/mol. The molecule has 7 heteroatoms. The monoisotopic (exact) mass is 270 g/mol. The highest BCUT2D eigenvalue weighted by Gasteiger charge is 2.11. The van der Waals surface area contributed by atoms with Crippen LogP contribution in [0.25, 0.3) is 0 Å². The normalized spacial score (nSPS) is 10.5. The van der Waals surface area contributed by atoms with Gasteiger partial charge < -0.3 is 15.8 Å². The maximum absolute atomic E-state index is 5.66. The Balaban J connectivity index is 1.89. The Hall–Kier alpha value is -1.34. The molecule has 2 aromatic rings. The van der Waals surface area contributed by atoms with E-state index in [0.717, 1.165) is 28.7 Å². The van der Waals surface area contributed by atoms with Crippen LogP contribution in [0.15, 0.2) is 5.38 Å². The molecule has 0 aliphatic heterocycles. The van der Waals surface area contributed by atoms with Crippen molar-refractivity contribution in [2.24, 2.45) is 0 Å². The third-order valence-electron chi connectivity index (χ3n) is 2.21. The lowest BCUT2D eigenvalue weighted by Gasteiger charge is -2.04. The SMILES string of the molecule is COc1c(N)nsc1NCCc1csc(C)n1. The molecule has 0 atom stereocenters. The van der Waals surface area contributed by atoms with E-state index in [1.165, 1.54) is 11.5 Å². The van der Waals surface area contributed by atoms with Gasteiger partial charge in [-0.25, -0.2) is 4.98 Å². The molecule has 0 radical (unpaired) electrons. The standard InChI is InChI=1S/C10H14N4OS2/c1-6-13-7(5-16-6)3-4-12-10-8(15-2)9(11)14-17-10/h5,12H,3-4H2,1-2H3,(H2,11,14). The summed E-state index contributed by atoms with van der Waals surface area (Å²) in [5.74, 6) is 1.06. The van der Waals surface area contributed by atoms with Gasteiger partial charge in [-0.05, 0) is 18.5 Å². The Bertz CT molecular complexity index is 494. The van der Waals surface area contributed by atoms with Gasteiger partial charge in [0.25, 0.3) is 0 Å². The smallest absolute Gasteiger partial charge is 0.197 e. The van der Waals surface area contributed by atoms with Gasteiger partial charge in [-0.15, -0.1) is 11.3 Å². The zero-order chi connectivity index (χ0) is 12.3. The summed E-state index contributed by atoms with van der Waals surface area (Å²) in [6, 6.07) is 0. The van der Waals surface area contributed by atoms with Gasteiger partial charge in [-0.2, -0.15) is 4.37 Å². The van der Waals surface area contributed by atoms with Crippen molar-refractivity contribution in [3.8, 4) is 5.75 Å². The summed E-state index contributed by atoms with van der Waals surface area (Å²) in [6.45, 7) is 2.80. The van der Waals surface area contributed by atoms with Crippen molar-refractivity contribution < 1.29 is 4.74 Å². The minimum atomic E-state index is 0.435. The van der Waals surface area contributed by atoms with E-state index in [9.17, 15) is 0 Å². The predicted octanol–water partition coefficient (Wildman–Crippen LogP) is 2.15. The Morgan fingerprint density at radius 2 is 2.35 bits per heavy atom. The van der Waals surface area contributed by atoms with Crippen molar-refractivity contribution in [2.75, 3.05) is 24.7 Å². The summed E-state index contributed by atoms with van der Waals surface area (Å²) in [6.07, 6.45) is 0.880. The molecule has 0 aliphatic rings. The number of aromatic nitrogens is 2. The molecule has 2 aromatic heterocycles. The van der Waals surface area contributed by atoms with Crippen LogP contribution in [0.5, 0.6) is 5.75 Å². The topological polar surface area (TPSA) is 73.1 Å². The van der Waals surface area contributed by atoms with Crippen molar-refractivity contribution in [1.82, 2.24) is 9.36 Å². The van der Waals surface area contributed by atoms with E-state index < -0.39 is 0 Å². The van der Waals surface area contributed by atoms with Crippen molar-refractivity contribution >= 4 is 33.7 Å². The van der Waals surface area contributed by atoms with E-state index >= 15 is 0 Å².